The first-order chi connectivity index (χ1) is 5.83. The molecule has 1 aliphatic rings. The van der Waals surface area contributed by atoms with Crippen molar-refractivity contribution < 1.29 is 9.47 Å². The van der Waals surface area contributed by atoms with Crippen molar-refractivity contribution >= 4 is 0 Å². The summed E-state index contributed by atoms with van der Waals surface area (Å²) in [6, 6.07) is 0. The van der Waals surface area contributed by atoms with Gasteiger partial charge in [-0.3, -0.25) is 0 Å². The molecule has 1 aliphatic heterocycles. The van der Waals surface area contributed by atoms with E-state index >= 15 is 0 Å². The molecule has 0 saturated carbocycles. The summed E-state index contributed by atoms with van der Waals surface area (Å²) in [5.41, 5.74) is 0. The average Bonchev–Trinajstić information content (AvgIpc) is 2.45. The minimum absolute atomic E-state index is 0.0943. The van der Waals surface area contributed by atoms with Crippen LogP contribution in [-0.2, 0) is 9.47 Å². The molecule has 0 aromatic carbocycles. The topological polar surface area (TPSA) is 18.5 Å². The van der Waals surface area contributed by atoms with Crippen LogP contribution in [0.3, 0.4) is 0 Å². The Morgan fingerprint density at radius 3 is 2.67 bits per heavy atom. The first-order valence-corrected chi connectivity index (χ1v) is 5.10. The summed E-state index contributed by atoms with van der Waals surface area (Å²) in [5, 5.41) is 0. The van der Waals surface area contributed by atoms with Crippen LogP contribution in [0.1, 0.15) is 46.0 Å². The lowest BCUT2D eigenvalue weighted by atomic mass is 10.1. The molecule has 0 unspecified atom stereocenters. The third-order valence-corrected chi connectivity index (χ3v) is 2.19. The van der Waals surface area contributed by atoms with Gasteiger partial charge in [0, 0.05) is 0 Å². The van der Waals surface area contributed by atoms with Crippen molar-refractivity contribution in [3.8, 4) is 0 Å². The Hall–Kier alpha value is -0.0800. The average molecular weight is 172 g/mol. The van der Waals surface area contributed by atoms with Crippen LogP contribution in [-0.4, -0.2) is 19.0 Å². The van der Waals surface area contributed by atoms with Crippen LogP contribution >= 0.6 is 0 Å². The second-order valence-electron chi connectivity index (χ2n) is 3.56. The van der Waals surface area contributed by atoms with Crippen LogP contribution in [0.25, 0.3) is 0 Å². The molecule has 1 rings (SSSR count). The SMILES string of the molecule is CCCCCC[C@@H]1OC[C@H](C)O1. The molecule has 1 saturated heterocycles. The Morgan fingerprint density at radius 1 is 1.25 bits per heavy atom. The number of hydrogen-bond acceptors (Lipinski definition) is 2. The summed E-state index contributed by atoms with van der Waals surface area (Å²) in [6.45, 7) is 5.06. The van der Waals surface area contributed by atoms with Gasteiger partial charge in [-0.2, -0.15) is 0 Å². The Kier molecular flexibility index (Phi) is 4.62. The monoisotopic (exact) mass is 172 g/mol. The molecule has 1 fully saturated rings. The van der Waals surface area contributed by atoms with Crippen molar-refractivity contribution in [3.05, 3.63) is 0 Å². The fourth-order valence-electron chi connectivity index (χ4n) is 1.47. The molecule has 2 nitrogen and oxygen atoms in total. The highest BCUT2D eigenvalue weighted by atomic mass is 16.7. The predicted molar refractivity (Wildman–Crippen MR) is 49.0 cm³/mol. The Labute approximate surface area is 75.2 Å². The van der Waals surface area contributed by atoms with Crippen LogP contribution in [0, 0.1) is 0 Å². The molecule has 1 heterocycles. The van der Waals surface area contributed by atoms with E-state index in [4.69, 9.17) is 9.47 Å². The maximum absolute atomic E-state index is 5.52. The van der Waals surface area contributed by atoms with Gasteiger partial charge in [-0.15, -0.1) is 0 Å². The summed E-state index contributed by atoms with van der Waals surface area (Å²) in [6.07, 6.45) is 6.66. The molecule has 0 spiro atoms. The largest absolute Gasteiger partial charge is 0.350 e. The molecular formula is C10H20O2. The molecule has 0 amide bonds. The molecule has 0 aromatic rings. The van der Waals surface area contributed by atoms with Gasteiger partial charge in [0.2, 0.25) is 0 Å². The lowest BCUT2D eigenvalue weighted by Crippen LogP contribution is -2.08. The molecule has 0 N–H and O–H groups in total. The van der Waals surface area contributed by atoms with Gasteiger partial charge in [-0.05, 0) is 19.8 Å². The van der Waals surface area contributed by atoms with Gasteiger partial charge in [-0.1, -0.05) is 26.2 Å². The normalized spacial score (nSPS) is 29.5. The number of ether oxygens (including phenoxy) is 2. The van der Waals surface area contributed by atoms with Gasteiger partial charge in [0.05, 0.1) is 12.7 Å². The lowest BCUT2D eigenvalue weighted by molar-refractivity contribution is -0.0604. The van der Waals surface area contributed by atoms with Crippen molar-refractivity contribution in [1.82, 2.24) is 0 Å². The first-order valence-electron chi connectivity index (χ1n) is 5.10. The van der Waals surface area contributed by atoms with Gasteiger partial charge >= 0.3 is 0 Å². The molecule has 12 heavy (non-hydrogen) atoms. The second-order valence-corrected chi connectivity index (χ2v) is 3.56. The smallest absolute Gasteiger partial charge is 0.158 e. The lowest BCUT2D eigenvalue weighted by Gasteiger charge is -2.08. The molecular weight excluding hydrogens is 152 g/mol. The van der Waals surface area contributed by atoms with Crippen LogP contribution in [0.2, 0.25) is 0 Å². The Balaban J connectivity index is 1.93. The van der Waals surface area contributed by atoms with Crippen LogP contribution in [0.15, 0.2) is 0 Å². The van der Waals surface area contributed by atoms with Crippen LogP contribution in [0.4, 0.5) is 0 Å². The van der Waals surface area contributed by atoms with Crippen molar-refractivity contribution in [1.29, 1.82) is 0 Å². The number of hydrogen-bond donors (Lipinski definition) is 0. The van der Waals surface area contributed by atoms with Gasteiger partial charge in [-0.25, -0.2) is 0 Å². The molecule has 0 radical (unpaired) electrons. The fraction of sp³-hybridized carbons (Fsp3) is 1.00. The van der Waals surface area contributed by atoms with E-state index in [-0.39, 0.29) is 6.29 Å². The van der Waals surface area contributed by atoms with E-state index in [9.17, 15) is 0 Å². The zero-order valence-corrected chi connectivity index (χ0v) is 8.21. The highest BCUT2D eigenvalue weighted by Crippen LogP contribution is 2.16. The van der Waals surface area contributed by atoms with E-state index in [0.717, 1.165) is 13.0 Å². The highest BCUT2D eigenvalue weighted by Gasteiger charge is 2.21. The predicted octanol–water partition coefficient (Wildman–Crippen LogP) is 2.72. The first kappa shape index (κ1) is 10.0. The Morgan fingerprint density at radius 2 is 2.08 bits per heavy atom. The fourth-order valence-corrected chi connectivity index (χ4v) is 1.47. The van der Waals surface area contributed by atoms with E-state index in [1.165, 1.54) is 25.7 Å². The van der Waals surface area contributed by atoms with E-state index in [0.29, 0.717) is 6.10 Å². The number of rotatable bonds is 5. The van der Waals surface area contributed by atoms with Crippen molar-refractivity contribution in [2.45, 2.75) is 58.3 Å². The summed E-state index contributed by atoms with van der Waals surface area (Å²) in [5.74, 6) is 0. The quantitative estimate of drug-likeness (QED) is 0.594. The van der Waals surface area contributed by atoms with E-state index < -0.39 is 0 Å². The van der Waals surface area contributed by atoms with E-state index in [2.05, 4.69) is 13.8 Å². The zero-order chi connectivity index (χ0) is 8.81. The zero-order valence-electron chi connectivity index (χ0n) is 8.21. The highest BCUT2D eigenvalue weighted by molar-refractivity contribution is 4.59. The van der Waals surface area contributed by atoms with E-state index in [1.54, 1.807) is 0 Å². The van der Waals surface area contributed by atoms with E-state index in [1.807, 2.05) is 0 Å². The summed E-state index contributed by atoms with van der Waals surface area (Å²) >= 11 is 0. The van der Waals surface area contributed by atoms with Crippen LogP contribution < -0.4 is 0 Å². The summed E-state index contributed by atoms with van der Waals surface area (Å²) in [4.78, 5) is 0. The van der Waals surface area contributed by atoms with Crippen LogP contribution in [0.5, 0.6) is 0 Å². The van der Waals surface area contributed by atoms with Gasteiger partial charge in [0.1, 0.15) is 0 Å². The maximum Gasteiger partial charge on any atom is 0.158 e. The third-order valence-electron chi connectivity index (χ3n) is 2.19. The molecule has 0 aromatic heterocycles. The molecule has 2 atom stereocenters. The van der Waals surface area contributed by atoms with Gasteiger partial charge in [0.15, 0.2) is 6.29 Å². The maximum atomic E-state index is 5.52. The van der Waals surface area contributed by atoms with Crippen molar-refractivity contribution in [2.75, 3.05) is 6.61 Å². The minimum atomic E-state index is 0.0943. The third kappa shape index (κ3) is 3.55. The molecule has 2 heteroatoms. The Bertz CT molecular complexity index is 114. The molecule has 0 bridgehead atoms. The molecule has 0 aliphatic carbocycles. The van der Waals surface area contributed by atoms with Gasteiger partial charge in [0.25, 0.3) is 0 Å². The van der Waals surface area contributed by atoms with Crippen molar-refractivity contribution in [3.63, 3.8) is 0 Å². The van der Waals surface area contributed by atoms with Crippen molar-refractivity contribution in [2.24, 2.45) is 0 Å². The second kappa shape index (κ2) is 5.55. The summed E-state index contributed by atoms with van der Waals surface area (Å²) in [7, 11) is 0. The van der Waals surface area contributed by atoms with Gasteiger partial charge < -0.3 is 9.47 Å². The summed E-state index contributed by atoms with van der Waals surface area (Å²) < 4.78 is 10.9. The standard InChI is InChI=1S/C10H20O2/c1-3-4-5-6-7-10-11-8-9(2)12-10/h9-10H,3-8H2,1-2H3/t9-,10+/m0/s1. The molecule has 72 valence electrons. The number of unbranched alkanes of at least 4 members (excludes halogenated alkanes) is 3. The minimum Gasteiger partial charge on any atom is -0.350 e.